The summed E-state index contributed by atoms with van der Waals surface area (Å²) in [5.41, 5.74) is 3.02. The van der Waals surface area contributed by atoms with Crippen molar-refractivity contribution in [1.82, 2.24) is 0 Å². The van der Waals surface area contributed by atoms with Crippen LogP contribution in [0.2, 0.25) is 10.0 Å². The Kier molecular flexibility index (Phi) is 19.8. The molecule has 0 radical (unpaired) electrons. The van der Waals surface area contributed by atoms with Gasteiger partial charge in [0.25, 0.3) is 23.6 Å². The van der Waals surface area contributed by atoms with Crippen molar-refractivity contribution in [2.45, 2.75) is 70.3 Å². The van der Waals surface area contributed by atoms with E-state index in [1.165, 1.54) is 54.6 Å². The Morgan fingerprint density at radius 2 is 0.986 bits per heavy atom. The SMILES string of the molecule is CCOc1ccc(NC(=O)c2cccc(N=NC(C(C)=O)C(=O)Nc3ccc(NC(=O)C(N=Nc4cccc(C(=O)Nc5ccc(OCC)c(C(C)Cl)c5)c4Cl)C(C)=O)c(CCl)c3)c2Cl)cc1C(C)Cl. The topological polar surface area (TPSA) is 218 Å². The first kappa shape index (κ1) is 54.5. The van der Waals surface area contributed by atoms with Crippen LogP contribution < -0.4 is 30.7 Å². The summed E-state index contributed by atoms with van der Waals surface area (Å²) in [5, 5.41) is 25.8. The lowest BCUT2D eigenvalue weighted by Gasteiger charge is -2.15. The van der Waals surface area contributed by atoms with Crippen LogP contribution in [-0.4, -0.2) is 60.5 Å². The minimum atomic E-state index is -1.65. The lowest BCUT2D eigenvalue weighted by molar-refractivity contribution is -0.127. The van der Waals surface area contributed by atoms with Gasteiger partial charge in [-0.1, -0.05) is 35.3 Å². The van der Waals surface area contributed by atoms with Crippen molar-refractivity contribution in [3.8, 4) is 11.5 Å². The summed E-state index contributed by atoms with van der Waals surface area (Å²) < 4.78 is 11.3. The molecule has 4 N–H and O–H groups in total. The molecular weight excluding hydrogens is 1010 g/mol. The second kappa shape index (κ2) is 25.4. The maximum Gasteiger partial charge on any atom is 0.258 e. The number of hydrogen-bond donors (Lipinski definition) is 4. The fourth-order valence-corrected chi connectivity index (χ4v) is 7.64. The molecule has 5 aromatic rings. The van der Waals surface area contributed by atoms with Gasteiger partial charge in [0.05, 0.1) is 45.1 Å². The average Bonchev–Trinajstić information content (AvgIpc) is 3.31. The van der Waals surface area contributed by atoms with Gasteiger partial charge in [0.1, 0.15) is 22.9 Å². The van der Waals surface area contributed by atoms with Crippen LogP contribution in [0.5, 0.6) is 11.5 Å². The van der Waals surface area contributed by atoms with E-state index < -0.39 is 58.0 Å². The average molecular weight is 1050 g/mol. The summed E-state index contributed by atoms with van der Waals surface area (Å²) in [4.78, 5) is 78.9. The zero-order chi connectivity index (χ0) is 51.2. The molecule has 0 aromatic heterocycles. The summed E-state index contributed by atoms with van der Waals surface area (Å²) in [6, 6.07) is 20.0. The zero-order valence-electron chi connectivity index (χ0n) is 38.5. The number of Topliss-reactive ketones (excluding diaryl/α,β-unsaturated/α-hetero) is 2. The zero-order valence-corrected chi connectivity index (χ0v) is 42.3. The molecule has 5 rings (SSSR count). The van der Waals surface area contributed by atoms with Crippen LogP contribution >= 0.6 is 58.0 Å². The molecule has 5 aromatic carbocycles. The molecule has 366 valence electrons. The fraction of sp³-hybridized carbons (Fsp3) is 0.265. The monoisotopic (exact) mass is 1050 g/mol. The van der Waals surface area contributed by atoms with Gasteiger partial charge in [-0.2, -0.15) is 20.5 Å². The fourth-order valence-electron chi connectivity index (χ4n) is 6.58. The highest BCUT2D eigenvalue weighted by Crippen LogP contribution is 2.36. The van der Waals surface area contributed by atoms with Crippen molar-refractivity contribution in [1.29, 1.82) is 0 Å². The minimum Gasteiger partial charge on any atom is -0.494 e. The first-order valence-corrected chi connectivity index (χ1v) is 23.7. The van der Waals surface area contributed by atoms with Crippen molar-refractivity contribution >= 4 is 127 Å². The van der Waals surface area contributed by atoms with Crippen LogP contribution in [0.3, 0.4) is 0 Å². The van der Waals surface area contributed by atoms with Crippen LogP contribution in [0.1, 0.15) is 89.7 Å². The molecule has 0 aliphatic heterocycles. The van der Waals surface area contributed by atoms with Gasteiger partial charge in [-0.15, -0.1) is 34.8 Å². The molecule has 16 nitrogen and oxygen atoms in total. The molecule has 0 saturated carbocycles. The number of ether oxygens (including phenoxy) is 2. The molecule has 70 heavy (non-hydrogen) atoms. The van der Waals surface area contributed by atoms with Gasteiger partial charge in [0.15, 0.2) is 11.6 Å². The lowest BCUT2D eigenvalue weighted by Crippen LogP contribution is -2.32. The molecule has 4 unspecified atom stereocenters. The highest BCUT2D eigenvalue weighted by atomic mass is 35.5. The van der Waals surface area contributed by atoms with E-state index >= 15 is 0 Å². The molecule has 0 spiro atoms. The Morgan fingerprint density at radius 1 is 0.571 bits per heavy atom. The van der Waals surface area contributed by atoms with Crippen molar-refractivity contribution in [3.05, 3.63) is 129 Å². The second-order valence-corrected chi connectivity index (χ2v) is 17.6. The Labute approximate surface area is 428 Å². The number of carbonyl (C=O) groups excluding carboxylic acids is 6. The van der Waals surface area contributed by atoms with Gasteiger partial charge < -0.3 is 30.7 Å². The van der Waals surface area contributed by atoms with Gasteiger partial charge in [-0.05, 0) is 126 Å². The number of anilines is 4. The number of halogens is 5. The number of nitrogens with one attached hydrogen (secondary N) is 4. The standard InChI is InChI=1S/C49H47Cl5N8O8/c1-7-69-40-19-16-31(22-35(40)25(3)51)55-46(65)33-11-9-13-38(42(33)53)59-61-44(27(5)63)48(67)57-30-15-18-37(29(21-30)24-50)58-49(68)45(28(6)64)62-60-39-14-10-12-34(43(39)54)47(66)56-32-17-20-41(70-8-2)36(23-32)26(4)52/h9-23,25-26,44-45H,7-8,24H2,1-6H3,(H,55,65)(H,56,66)(H,57,67)(H,58,68). The Balaban J connectivity index is 1.26. The number of alkyl halides is 3. The lowest BCUT2D eigenvalue weighted by atomic mass is 10.1. The maximum atomic E-state index is 13.5. The predicted octanol–water partition coefficient (Wildman–Crippen LogP) is 13.0. The number of nitrogens with zero attached hydrogens (tertiary/aromatic N) is 4. The molecule has 0 saturated heterocycles. The summed E-state index contributed by atoms with van der Waals surface area (Å²) in [6.07, 6.45) is 0. The number of ketones is 2. The maximum absolute atomic E-state index is 13.5. The first-order chi connectivity index (χ1) is 33.4. The molecule has 21 heteroatoms. The highest BCUT2D eigenvalue weighted by Gasteiger charge is 2.27. The number of benzene rings is 5. The third-order valence-electron chi connectivity index (χ3n) is 10.0. The van der Waals surface area contributed by atoms with Crippen LogP contribution in [0.15, 0.2) is 111 Å². The van der Waals surface area contributed by atoms with Gasteiger partial charge in [0, 0.05) is 39.8 Å². The van der Waals surface area contributed by atoms with E-state index in [-0.39, 0.29) is 49.8 Å². The van der Waals surface area contributed by atoms with Crippen molar-refractivity contribution in [2.24, 2.45) is 20.5 Å². The third kappa shape index (κ3) is 14.1. The van der Waals surface area contributed by atoms with Crippen molar-refractivity contribution < 1.29 is 38.2 Å². The Morgan fingerprint density at radius 3 is 1.39 bits per heavy atom. The number of rotatable bonds is 21. The van der Waals surface area contributed by atoms with Crippen LogP contribution in [0, 0.1) is 0 Å². The van der Waals surface area contributed by atoms with E-state index in [2.05, 4.69) is 41.7 Å². The normalized spacial score (nSPS) is 13.0. The van der Waals surface area contributed by atoms with E-state index in [1.807, 2.05) is 13.8 Å². The summed E-state index contributed by atoms with van der Waals surface area (Å²) in [5.74, 6) is -3.17. The molecule has 0 aliphatic carbocycles. The van der Waals surface area contributed by atoms with Gasteiger partial charge in [-0.3, -0.25) is 28.8 Å². The van der Waals surface area contributed by atoms with E-state index in [0.717, 1.165) is 13.8 Å². The Hall–Kier alpha value is -6.43. The number of amides is 4. The molecular formula is C49H47Cl5N8O8. The van der Waals surface area contributed by atoms with Gasteiger partial charge in [0.2, 0.25) is 12.1 Å². The van der Waals surface area contributed by atoms with E-state index in [9.17, 15) is 28.8 Å². The van der Waals surface area contributed by atoms with E-state index in [0.29, 0.717) is 52.8 Å². The highest BCUT2D eigenvalue weighted by molar-refractivity contribution is 6.37. The summed E-state index contributed by atoms with van der Waals surface area (Å²) >= 11 is 32.1. The molecule has 0 fully saturated rings. The quantitative estimate of drug-likeness (QED) is 0.0314. The molecule has 0 aliphatic rings. The first-order valence-electron chi connectivity index (χ1n) is 21.5. The summed E-state index contributed by atoms with van der Waals surface area (Å²) in [6.45, 7) is 10.4. The van der Waals surface area contributed by atoms with Gasteiger partial charge in [-0.25, -0.2) is 0 Å². The third-order valence-corrected chi connectivity index (χ3v) is 11.6. The second-order valence-electron chi connectivity index (χ2n) is 15.2. The van der Waals surface area contributed by atoms with E-state index in [4.69, 9.17) is 67.5 Å². The smallest absolute Gasteiger partial charge is 0.258 e. The predicted molar refractivity (Wildman–Crippen MR) is 274 cm³/mol. The molecule has 0 bridgehead atoms. The van der Waals surface area contributed by atoms with Crippen molar-refractivity contribution in [2.75, 3.05) is 34.5 Å². The largest absolute Gasteiger partial charge is 0.494 e. The van der Waals surface area contributed by atoms with Crippen molar-refractivity contribution in [3.63, 3.8) is 0 Å². The Bertz CT molecular complexity index is 2860. The molecule has 0 heterocycles. The summed E-state index contributed by atoms with van der Waals surface area (Å²) in [7, 11) is 0. The molecule has 4 atom stereocenters. The number of azo groups is 2. The van der Waals surface area contributed by atoms with Crippen LogP contribution in [0.4, 0.5) is 34.1 Å². The van der Waals surface area contributed by atoms with Gasteiger partial charge >= 0.3 is 0 Å². The van der Waals surface area contributed by atoms with Crippen LogP contribution in [-0.2, 0) is 25.1 Å². The van der Waals surface area contributed by atoms with E-state index in [1.54, 1.807) is 50.2 Å². The minimum absolute atomic E-state index is 0.0108. The number of hydrogen-bond acceptors (Lipinski definition) is 12. The van der Waals surface area contributed by atoms with Crippen LogP contribution in [0.25, 0.3) is 0 Å². The number of carbonyl (C=O) groups is 6. The molecule has 4 amide bonds.